The summed E-state index contributed by atoms with van der Waals surface area (Å²) < 4.78 is 0. The number of aliphatic hydroxyl groups excluding tert-OH is 2. The molecule has 0 unspecified atom stereocenters. The third-order valence-corrected chi connectivity index (χ3v) is 9.18. The molecule has 47 heavy (non-hydrogen) atoms. The van der Waals surface area contributed by atoms with Gasteiger partial charge in [-0.3, -0.25) is 14.8 Å². The highest BCUT2D eigenvalue weighted by molar-refractivity contribution is 5.73. The van der Waals surface area contributed by atoms with Crippen LogP contribution in [0.3, 0.4) is 0 Å². The molecule has 0 saturated carbocycles. The molecular formula is C39H49N5O3. The summed E-state index contributed by atoms with van der Waals surface area (Å²) in [7, 11) is 0. The van der Waals surface area contributed by atoms with Crippen molar-refractivity contribution in [1.29, 1.82) is 0 Å². The average molecular weight is 636 g/mol. The quantitative estimate of drug-likeness (QED) is 0.242. The van der Waals surface area contributed by atoms with Gasteiger partial charge in [-0.25, -0.2) is 0 Å². The molecular weight excluding hydrogens is 586 g/mol. The number of nitrogens with zero attached hydrogens (tertiary/aromatic N) is 5. The number of benzene rings is 2. The third-order valence-electron chi connectivity index (χ3n) is 9.18. The Morgan fingerprint density at radius 2 is 0.979 bits per heavy atom. The maximum absolute atomic E-state index is 11.4. The van der Waals surface area contributed by atoms with E-state index < -0.39 is 0 Å². The summed E-state index contributed by atoms with van der Waals surface area (Å²) in [6.07, 6.45) is 11.7. The monoisotopic (exact) mass is 635 g/mol. The second kappa shape index (κ2) is 17.6. The van der Waals surface area contributed by atoms with Gasteiger partial charge in [0.05, 0.1) is 37.0 Å². The minimum atomic E-state index is 0.0873. The van der Waals surface area contributed by atoms with Crippen LogP contribution in [0.1, 0.15) is 59.8 Å². The molecule has 2 aliphatic heterocycles. The lowest BCUT2D eigenvalue weighted by Crippen LogP contribution is -2.48. The predicted octanol–water partition coefficient (Wildman–Crippen LogP) is 5.38. The van der Waals surface area contributed by atoms with Crippen LogP contribution in [0.25, 0.3) is 0 Å². The lowest BCUT2D eigenvalue weighted by atomic mass is 10.1. The molecule has 2 aliphatic rings. The van der Waals surface area contributed by atoms with E-state index in [1.54, 1.807) is 6.92 Å². The normalized spacial score (nSPS) is 14.8. The highest BCUT2D eigenvalue weighted by atomic mass is 16.3. The zero-order chi connectivity index (χ0) is 32.8. The topological polar surface area (TPSA) is 93.0 Å². The molecule has 0 bridgehead atoms. The van der Waals surface area contributed by atoms with Crippen molar-refractivity contribution < 1.29 is 15.0 Å². The molecule has 2 N–H and O–H groups in total. The number of hydrogen-bond acceptors (Lipinski definition) is 7. The van der Waals surface area contributed by atoms with Crippen molar-refractivity contribution in [3.8, 4) is 0 Å². The molecule has 4 aromatic rings. The number of carbonyl (C=O) groups is 1. The molecule has 8 heteroatoms. The number of pyridine rings is 2. The van der Waals surface area contributed by atoms with E-state index in [1.165, 1.54) is 36.1 Å². The lowest BCUT2D eigenvalue weighted by Gasteiger charge is -2.35. The summed E-state index contributed by atoms with van der Waals surface area (Å²) in [5.41, 5.74) is 9.06. The van der Waals surface area contributed by atoms with Crippen LogP contribution in [-0.4, -0.2) is 70.3 Å². The Hall–Kier alpha value is -4.27. The van der Waals surface area contributed by atoms with Crippen molar-refractivity contribution in [3.63, 3.8) is 0 Å². The van der Waals surface area contributed by atoms with Gasteiger partial charge in [0, 0.05) is 57.6 Å². The van der Waals surface area contributed by atoms with Crippen LogP contribution in [0, 0.1) is 0 Å². The molecule has 2 saturated heterocycles. The summed E-state index contributed by atoms with van der Waals surface area (Å²) in [4.78, 5) is 27.2. The number of aryl methyl sites for hydroxylation is 4. The van der Waals surface area contributed by atoms with E-state index in [0.29, 0.717) is 0 Å². The molecule has 1 amide bonds. The highest BCUT2D eigenvalue weighted by Crippen LogP contribution is 2.20. The second-order valence-electron chi connectivity index (χ2n) is 12.5. The Kier molecular flexibility index (Phi) is 12.8. The molecule has 2 aromatic heterocycles. The average Bonchev–Trinajstić information content (AvgIpc) is 3.14. The molecule has 4 heterocycles. The van der Waals surface area contributed by atoms with E-state index in [9.17, 15) is 4.79 Å². The summed E-state index contributed by atoms with van der Waals surface area (Å²) in [5.74, 6) is 0.153. The smallest absolute Gasteiger partial charge is 0.219 e. The number of aliphatic hydroxyl groups is 2. The number of piperidine rings is 1. The van der Waals surface area contributed by atoms with Crippen LogP contribution in [0.2, 0.25) is 0 Å². The summed E-state index contributed by atoms with van der Waals surface area (Å²) >= 11 is 0. The Bertz CT molecular complexity index is 1490. The maximum atomic E-state index is 11.4. The number of amides is 1. The molecule has 8 nitrogen and oxygen atoms in total. The fourth-order valence-corrected chi connectivity index (χ4v) is 6.10. The van der Waals surface area contributed by atoms with Crippen molar-refractivity contribution >= 4 is 17.3 Å². The third kappa shape index (κ3) is 10.4. The van der Waals surface area contributed by atoms with E-state index >= 15 is 0 Å². The van der Waals surface area contributed by atoms with Gasteiger partial charge < -0.3 is 24.9 Å². The summed E-state index contributed by atoms with van der Waals surface area (Å²) in [6, 6.07) is 24.8. The van der Waals surface area contributed by atoms with Gasteiger partial charge in [0.25, 0.3) is 0 Å². The zero-order valence-corrected chi connectivity index (χ0v) is 27.7. The summed E-state index contributed by atoms with van der Waals surface area (Å²) in [6.45, 7) is 7.43. The minimum absolute atomic E-state index is 0.0873. The highest BCUT2D eigenvalue weighted by Gasteiger charge is 2.19. The SMILES string of the molecule is CC(=O)N1CCN(c2ccc(CCc3ccc(CO)cc3)nc2)CC1.OCc1ccc(CCc2ccc(N3CCCCC3)cn2)cc1. The molecule has 248 valence electrons. The molecule has 0 radical (unpaired) electrons. The predicted molar refractivity (Wildman–Crippen MR) is 189 cm³/mol. The van der Waals surface area contributed by atoms with Crippen molar-refractivity contribution in [1.82, 2.24) is 14.9 Å². The van der Waals surface area contributed by atoms with Crippen LogP contribution >= 0.6 is 0 Å². The number of rotatable bonds is 10. The van der Waals surface area contributed by atoms with Gasteiger partial charge in [0.2, 0.25) is 5.91 Å². The first-order chi connectivity index (χ1) is 23.0. The second-order valence-corrected chi connectivity index (χ2v) is 12.5. The Morgan fingerprint density at radius 1 is 0.553 bits per heavy atom. The van der Waals surface area contributed by atoms with Gasteiger partial charge in [-0.2, -0.15) is 0 Å². The lowest BCUT2D eigenvalue weighted by molar-refractivity contribution is -0.129. The van der Waals surface area contributed by atoms with Gasteiger partial charge in [-0.05, 0) is 91.5 Å². The minimum Gasteiger partial charge on any atom is -0.392 e. The molecule has 2 aromatic carbocycles. The summed E-state index contributed by atoms with van der Waals surface area (Å²) in [5, 5.41) is 18.1. The van der Waals surface area contributed by atoms with Gasteiger partial charge in [-0.15, -0.1) is 0 Å². The standard InChI is InChI=1S/C20H25N3O2.C19H24N2O/c1-16(25)22-10-12-23(13-11-22)20-9-8-19(21-14-20)7-6-17-2-4-18(15-24)5-3-17;22-15-17-6-4-16(5-7-17)8-9-18-10-11-19(14-20-18)21-12-2-1-3-13-21/h2-5,8-9,14,24H,6-7,10-13,15H2,1H3;4-7,10-11,14,22H,1-3,8-9,12-13,15H2. The number of hydrogen-bond donors (Lipinski definition) is 2. The first kappa shape index (κ1) is 34.1. The van der Waals surface area contributed by atoms with E-state index in [0.717, 1.165) is 93.2 Å². The Balaban J connectivity index is 0.000000186. The van der Waals surface area contributed by atoms with Crippen LogP contribution in [0.15, 0.2) is 85.2 Å². The molecule has 2 fully saturated rings. The van der Waals surface area contributed by atoms with E-state index in [4.69, 9.17) is 10.2 Å². The number of carbonyl (C=O) groups excluding carboxylic acids is 1. The fraction of sp³-hybridized carbons (Fsp3) is 0.410. The van der Waals surface area contributed by atoms with Gasteiger partial charge in [0.1, 0.15) is 0 Å². The van der Waals surface area contributed by atoms with Crippen LogP contribution in [0.5, 0.6) is 0 Å². The van der Waals surface area contributed by atoms with Crippen LogP contribution in [-0.2, 0) is 43.7 Å². The van der Waals surface area contributed by atoms with E-state index in [-0.39, 0.29) is 19.1 Å². The molecule has 6 rings (SSSR count). The van der Waals surface area contributed by atoms with Crippen molar-refractivity contribution in [2.24, 2.45) is 0 Å². The molecule has 0 aliphatic carbocycles. The van der Waals surface area contributed by atoms with Gasteiger partial charge >= 0.3 is 0 Å². The maximum Gasteiger partial charge on any atom is 0.219 e. The number of anilines is 2. The van der Waals surface area contributed by atoms with Crippen LogP contribution < -0.4 is 9.80 Å². The number of piperazine rings is 1. The Labute approximate surface area is 279 Å². The van der Waals surface area contributed by atoms with Crippen molar-refractivity contribution in [2.45, 2.75) is 65.1 Å². The Morgan fingerprint density at radius 3 is 1.36 bits per heavy atom. The fourth-order valence-electron chi connectivity index (χ4n) is 6.10. The van der Waals surface area contributed by atoms with Gasteiger partial charge in [-0.1, -0.05) is 48.5 Å². The van der Waals surface area contributed by atoms with Gasteiger partial charge in [0.15, 0.2) is 0 Å². The molecule has 0 atom stereocenters. The van der Waals surface area contributed by atoms with E-state index in [2.05, 4.69) is 68.3 Å². The largest absolute Gasteiger partial charge is 0.392 e. The molecule has 0 spiro atoms. The van der Waals surface area contributed by atoms with Crippen molar-refractivity contribution in [3.05, 3.63) is 119 Å². The zero-order valence-electron chi connectivity index (χ0n) is 27.7. The van der Waals surface area contributed by atoms with Crippen LogP contribution in [0.4, 0.5) is 11.4 Å². The van der Waals surface area contributed by atoms with Crippen molar-refractivity contribution in [2.75, 3.05) is 49.1 Å². The van der Waals surface area contributed by atoms with E-state index in [1.807, 2.05) is 41.6 Å². The number of aromatic nitrogens is 2. The first-order valence-corrected chi connectivity index (χ1v) is 17.0. The first-order valence-electron chi connectivity index (χ1n) is 17.0.